The number of nitrogens with zero attached hydrogens (tertiary/aromatic N) is 1. The molecular weight excluding hydrogens is 461 g/mol. The molecule has 1 fully saturated rings. The number of nitrogens with one attached hydrogen (secondary N) is 1. The van der Waals surface area contributed by atoms with Crippen LogP contribution >= 0.6 is 0 Å². The smallest absolute Gasteiger partial charge is 0.416 e. The second-order valence-corrected chi connectivity index (χ2v) is 8.89. The van der Waals surface area contributed by atoms with Crippen molar-refractivity contribution in [3.05, 3.63) is 89.0 Å². The van der Waals surface area contributed by atoms with E-state index in [1.54, 1.807) is 36.2 Å². The lowest BCUT2D eigenvalue weighted by atomic mass is 9.59. The largest absolute Gasteiger partial charge is 0.504 e. The number of likely N-dealkylation sites (N-methyl/N-ethyl adjacent to an activating group) is 1. The molecule has 0 bridgehead atoms. The molecule has 35 heavy (non-hydrogen) atoms. The molecule has 2 aliphatic rings. The van der Waals surface area contributed by atoms with E-state index in [1.165, 1.54) is 18.2 Å². The number of hydrogen-bond donors (Lipinski definition) is 3. The Balaban J connectivity index is 1.80. The van der Waals surface area contributed by atoms with E-state index in [1.807, 2.05) is 0 Å². The number of phenols is 2. The highest BCUT2D eigenvalue weighted by Gasteiger charge is 2.70. The summed E-state index contributed by atoms with van der Waals surface area (Å²) in [6, 6.07) is 14.8. The van der Waals surface area contributed by atoms with Crippen molar-refractivity contribution in [1.29, 1.82) is 0 Å². The van der Waals surface area contributed by atoms with E-state index in [9.17, 15) is 33.0 Å². The number of alkyl halides is 3. The summed E-state index contributed by atoms with van der Waals surface area (Å²) in [6.45, 7) is 0.315. The minimum atomic E-state index is -4.57. The number of aromatic hydroxyl groups is 2. The molecule has 1 spiro atoms. The zero-order valence-electron chi connectivity index (χ0n) is 18.6. The normalized spacial score (nSPS) is 23.9. The van der Waals surface area contributed by atoms with Crippen LogP contribution in [0.1, 0.15) is 33.5 Å². The quantitative estimate of drug-likeness (QED) is 0.380. The van der Waals surface area contributed by atoms with E-state index >= 15 is 0 Å². The maximum absolute atomic E-state index is 14.4. The number of phenolic OH excluding ortho intramolecular Hbond substituents is 2. The lowest BCUT2D eigenvalue weighted by molar-refractivity contribution is -0.137. The zero-order chi connectivity index (χ0) is 25.2. The molecule has 3 aromatic rings. The summed E-state index contributed by atoms with van der Waals surface area (Å²) in [6.07, 6.45) is -4.42. The highest BCUT2D eigenvalue weighted by molar-refractivity contribution is 6.16. The minimum Gasteiger partial charge on any atom is -0.504 e. The van der Waals surface area contributed by atoms with Crippen molar-refractivity contribution < 1.29 is 33.0 Å². The van der Waals surface area contributed by atoms with Crippen LogP contribution in [0, 0.1) is 0 Å². The van der Waals surface area contributed by atoms with Gasteiger partial charge in [-0.25, -0.2) is 0 Å². The van der Waals surface area contributed by atoms with E-state index < -0.39 is 45.9 Å². The summed E-state index contributed by atoms with van der Waals surface area (Å²) in [5.41, 5.74) is -2.69. The van der Waals surface area contributed by atoms with Gasteiger partial charge in [-0.2, -0.15) is 13.2 Å². The van der Waals surface area contributed by atoms with Gasteiger partial charge in [-0.15, -0.1) is 0 Å². The van der Waals surface area contributed by atoms with Gasteiger partial charge < -0.3 is 15.5 Å². The van der Waals surface area contributed by atoms with E-state index in [2.05, 4.69) is 5.32 Å². The summed E-state index contributed by atoms with van der Waals surface area (Å²) in [5, 5.41) is 23.1. The third kappa shape index (κ3) is 3.01. The molecule has 1 amide bonds. The summed E-state index contributed by atoms with van der Waals surface area (Å²) < 4.78 is 39.5. The van der Waals surface area contributed by atoms with Crippen LogP contribution < -0.4 is 5.32 Å². The topological polar surface area (TPSA) is 89.9 Å². The molecule has 3 aromatic carbocycles. The molecule has 180 valence electrons. The monoisotopic (exact) mass is 482 g/mol. The number of rotatable bonds is 3. The Labute approximate surface area is 198 Å². The zero-order valence-corrected chi connectivity index (χ0v) is 18.6. The van der Waals surface area contributed by atoms with Crippen molar-refractivity contribution in [3.63, 3.8) is 0 Å². The maximum Gasteiger partial charge on any atom is 0.416 e. The van der Waals surface area contributed by atoms with Crippen LogP contribution in [0.4, 0.5) is 18.9 Å². The third-order valence-corrected chi connectivity index (χ3v) is 7.24. The Hall–Kier alpha value is -3.85. The SMILES string of the molecule is CN1CCC(C(=O)c2ccc(C(F)(F)F)cc2)(c2ccc(O)c(O)c2)C12C(=O)Nc1ccccc12. The number of amides is 1. The van der Waals surface area contributed by atoms with Gasteiger partial charge in [-0.3, -0.25) is 14.5 Å². The summed E-state index contributed by atoms with van der Waals surface area (Å²) in [4.78, 5) is 29.9. The van der Waals surface area contributed by atoms with Crippen LogP contribution in [0.2, 0.25) is 0 Å². The first-order chi connectivity index (χ1) is 16.5. The number of carbonyl (C=O) groups is 2. The van der Waals surface area contributed by atoms with Gasteiger partial charge in [0, 0.05) is 23.4 Å². The van der Waals surface area contributed by atoms with Gasteiger partial charge in [0.2, 0.25) is 0 Å². The number of Topliss-reactive ketones (excluding diaryl/α,β-unsaturated/α-hetero) is 1. The summed E-state index contributed by atoms with van der Waals surface area (Å²) in [7, 11) is 1.71. The first kappa shape index (κ1) is 22.9. The van der Waals surface area contributed by atoms with E-state index in [0.29, 0.717) is 17.8 Å². The Bertz CT molecular complexity index is 1360. The molecular formula is C26H21F3N2O4. The number of benzene rings is 3. The van der Waals surface area contributed by atoms with Gasteiger partial charge in [-0.05, 0) is 49.4 Å². The number of carbonyl (C=O) groups excluding carboxylic acids is 2. The molecule has 2 heterocycles. The van der Waals surface area contributed by atoms with Crippen molar-refractivity contribution in [2.24, 2.45) is 0 Å². The lowest BCUT2D eigenvalue weighted by Gasteiger charge is -2.44. The standard InChI is InChI=1S/C26H21F3N2O4/c1-31-13-12-24(17-10-11-20(32)21(33)14-17,22(34)15-6-8-16(9-7-15)26(27,28)29)25(31)18-4-2-3-5-19(18)30-23(25)35/h2-11,14,32-33H,12-13H2,1H3,(H,30,35). The molecule has 3 N–H and O–H groups in total. The highest BCUT2D eigenvalue weighted by Crippen LogP contribution is 2.59. The highest BCUT2D eigenvalue weighted by atomic mass is 19.4. The van der Waals surface area contributed by atoms with Crippen LogP contribution in [0.15, 0.2) is 66.7 Å². The fraction of sp³-hybridized carbons (Fsp3) is 0.231. The summed E-state index contributed by atoms with van der Waals surface area (Å²) >= 11 is 0. The lowest BCUT2D eigenvalue weighted by Crippen LogP contribution is -2.60. The van der Waals surface area contributed by atoms with Crippen molar-refractivity contribution >= 4 is 17.4 Å². The Morgan fingerprint density at radius 1 is 1.00 bits per heavy atom. The van der Waals surface area contributed by atoms with Gasteiger partial charge in [0.1, 0.15) is 5.54 Å². The molecule has 2 aliphatic heterocycles. The van der Waals surface area contributed by atoms with Crippen LogP contribution in [0.3, 0.4) is 0 Å². The Kier molecular flexibility index (Phi) is 4.96. The number of hydrogen-bond acceptors (Lipinski definition) is 5. The predicted molar refractivity (Wildman–Crippen MR) is 121 cm³/mol. The molecule has 0 radical (unpaired) electrons. The number of halogens is 3. The fourth-order valence-corrected chi connectivity index (χ4v) is 5.66. The first-order valence-electron chi connectivity index (χ1n) is 10.9. The molecule has 0 aromatic heterocycles. The van der Waals surface area contributed by atoms with Gasteiger partial charge in [0.25, 0.3) is 5.91 Å². The van der Waals surface area contributed by atoms with Gasteiger partial charge in [0.05, 0.1) is 11.0 Å². The van der Waals surface area contributed by atoms with Crippen molar-refractivity contribution in [3.8, 4) is 11.5 Å². The molecule has 2 atom stereocenters. The van der Waals surface area contributed by atoms with Crippen LogP contribution in [0.5, 0.6) is 11.5 Å². The molecule has 1 saturated heterocycles. The number of para-hydroxylation sites is 1. The van der Waals surface area contributed by atoms with E-state index in [-0.39, 0.29) is 17.5 Å². The van der Waals surface area contributed by atoms with Gasteiger partial charge in [-0.1, -0.05) is 36.4 Å². The van der Waals surface area contributed by atoms with Crippen molar-refractivity contribution in [2.75, 3.05) is 18.9 Å². The van der Waals surface area contributed by atoms with Crippen molar-refractivity contribution in [2.45, 2.75) is 23.6 Å². The van der Waals surface area contributed by atoms with E-state index in [0.717, 1.165) is 24.3 Å². The average Bonchev–Trinajstić information content (AvgIpc) is 3.31. The van der Waals surface area contributed by atoms with E-state index in [4.69, 9.17) is 0 Å². The molecule has 2 unspecified atom stereocenters. The van der Waals surface area contributed by atoms with Crippen molar-refractivity contribution in [1.82, 2.24) is 4.90 Å². The third-order valence-electron chi connectivity index (χ3n) is 7.24. The van der Waals surface area contributed by atoms with Gasteiger partial charge >= 0.3 is 6.18 Å². The van der Waals surface area contributed by atoms with Crippen LogP contribution in [-0.2, 0) is 21.9 Å². The molecule has 6 nitrogen and oxygen atoms in total. The second kappa shape index (κ2) is 7.58. The number of anilines is 1. The maximum atomic E-state index is 14.4. The second-order valence-electron chi connectivity index (χ2n) is 8.89. The predicted octanol–water partition coefficient (Wildman–Crippen LogP) is 4.42. The Morgan fingerprint density at radius 2 is 1.69 bits per heavy atom. The van der Waals surface area contributed by atoms with Crippen LogP contribution in [-0.4, -0.2) is 40.4 Å². The molecule has 5 rings (SSSR count). The fourth-order valence-electron chi connectivity index (χ4n) is 5.66. The number of ketones is 1. The molecule has 9 heteroatoms. The molecule has 0 saturated carbocycles. The minimum absolute atomic E-state index is 0.00239. The first-order valence-corrected chi connectivity index (χ1v) is 10.9. The number of fused-ring (bicyclic) bond motifs is 2. The average molecular weight is 482 g/mol. The van der Waals surface area contributed by atoms with Crippen LogP contribution in [0.25, 0.3) is 0 Å². The Morgan fingerprint density at radius 3 is 2.34 bits per heavy atom. The number of likely N-dealkylation sites (tertiary alicyclic amines) is 1. The summed E-state index contributed by atoms with van der Waals surface area (Å²) in [5.74, 6) is -1.89. The molecule has 0 aliphatic carbocycles. The van der Waals surface area contributed by atoms with Gasteiger partial charge in [0.15, 0.2) is 17.3 Å².